The van der Waals surface area contributed by atoms with E-state index in [1.807, 2.05) is 0 Å². The van der Waals surface area contributed by atoms with Crippen LogP contribution in [0.2, 0.25) is 0 Å². The molecule has 1 N–H and O–H groups in total. The second kappa shape index (κ2) is 7.74. The van der Waals surface area contributed by atoms with Gasteiger partial charge in [0.2, 0.25) is 5.82 Å². The van der Waals surface area contributed by atoms with Crippen LogP contribution >= 0.6 is 15.9 Å². The van der Waals surface area contributed by atoms with E-state index < -0.39 is 15.5 Å². The summed E-state index contributed by atoms with van der Waals surface area (Å²) in [6, 6.07) is 12.2. The zero-order valence-corrected chi connectivity index (χ0v) is 15.0. The van der Waals surface area contributed by atoms with Crippen LogP contribution < -0.4 is 10.1 Å². The molecule has 3 rings (SSSR count). The average molecular weight is 432 g/mol. The first-order chi connectivity index (χ1) is 12.9. The molecule has 0 spiro atoms. The average Bonchev–Trinajstić information content (AvgIpc) is 2.64. The van der Waals surface area contributed by atoms with Crippen LogP contribution in [0.5, 0.6) is 11.6 Å². The number of halogens is 1. The van der Waals surface area contributed by atoms with Gasteiger partial charge < -0.3 is 10.1 Å². The third-order valence-electron chi connectivity index (χ3n) is 3.32. The third kappa shape index (κ3) is 4.33. The molecule has 3 aromatic rings. The van der Waals surface area contributed by atoms with Crippen LogP contribution in [-0.2, 0) is 0 Å². The van der Waals surface area contributed by atoms with Crippen molar-refractivity contribution in [3.8, 4) is 11.6 Å². The number of hydrogen-bond donors (Lipinski definition) is 1. The first-order valence-corrected chi connectivity index (χ1v) is 8.17. The Morgan fingerprint density at radius 2 is 1.74 bits per heavy atom. The molecule has 0 aliphatic carbocycles. The standard InChI is InChI=1S/C16H10BrN5O5/c17-10-4-6-13(7-5-10)27-16-14(22(25)26)15(18-9-19-16)20-11-2-1-3-12(8-11)21(23)24/h1-9H,(H,18,19,20). The van der Waals surface area contributed by atoms with Crippen molar-refractivity contribution in [2.24, 2.45) is 0 Å². The van der Waals surface area contributed by atoms with E-state index in [1.165, 1.54) is 24.3 Å². The van der Waals surface area contributed by atoms with E-state index in [9.17, 15) is 20.2 Å². The van der Waals surface area contributed by atoms with Crippen molar-refractivity contribution in [2.45, 2.75) is 0 Å². The summed E-state index contributed by atoms with van der Waals surface area (Å²) in [7, 11) is 0. The summed E-state index contributed by atoms with van der Waals surface area (Å²) in [6.07, 6.45) is 1.10. The van der Waals surface area contributed by atoms with E-state index in [2.05, 4.69) is 31.2 Å². The molecule has 0 saturated heterocycles. The number of rotatable bonds is 6. The van der Waals surface area contributed by atoms with Crippen molar-refractivity contribution in [2.75, 3.05) is 5.32 Å². The van der Waals surface area contributed by atoms with Crippen LogP contribution in [0.4, 0.5) is 22.9 Å². The number of non-ortho nitro benzene ring substituents is 1. The summed E-state index contributed by atoms with van der Waals surface area (Å²) in [6.45, 7) is 0. The lowest BCUT2D eigenvalue weighted by atomic mass is 10.3. The number of nitrogens with one attached hydrogen (secondary N) is 1. The lowest BCUT2D eigenvalue weighted by molar-refractivity contribution is -0.385. The summed E-state index contributed by atoms with van der Waals surface area (Å²) in [5.74, 6) is -0.0610. The van der Waals surface area contributed by atoms with E-state index in [0.29, 0.717) is 5.75 Å². The summed E-state index contributed by atoms with van der Waals surface area (Å²) in [4.78, 5) is 28.9. The Balaban J connectivity index is 1.96. The number of nitrogens with zero attached hydrogens (tertiary/aromatic N) is 4. The fourth-order valence-electron chi connectivity index (χ4n) is 2.14. The van der Waals surface area contributed by atoms with Gasteiger partial charge in [-0.3, -0.25) is 20.2 Å². The lowest BCUT2D eigenvalue weighted by Crippen LogP contribution is -2.03. The molecule has 11 heteroatoms. The SMILES string of the molecule is O=[N+]([O-])c1cccc(Nc2ncnc(Oc3ccc(Br)cc3)c2[N+](=O)[O-])c1. The first-order valence-electron chi connectivity index (χ1n) is 7.38. The smallest absolute Gasteiger partial charge is 0.373 e. The molecule has 27 heavy (non-hydrogen) atoms. The minimum absolute atomic E-state index is 0.150. The molecule has 2 aromatic carbocycles. The van der Waals surface area contributed by atoms with Gasteiger partial charge in [-0.25, -0.2) is 4.98 Å². The van der Waals surface area contributed by atoms with E-state index in [1.54, 1.807) is 24.3 Å². The predicted octanol–water partition coefficient (Wildman–Crippen LogP) is 4.59. The highest BCUT2D eigenvalue weighted by molar-refractivity contribution is 9.10. The molecule has 0 atom stereocenters. The highest BCUT2D eigenvalue weighted by Gasteiger charge is 2.25. The number of nitro benzene ring substituents is 1. The molecule has 0 bridgehead atoms. The van der Waals surface area contributed by atoms with Crippen LogP contribution in [0.25, 0.3) is 0 Å². The predicted molar refractivity (Wildman–Crippen MR) is 99.3 cm³/mol. The summed E-state index contributed by atoms with van der Waals surface area (Å²) in [5, 5.41) is 25.1. The van der Waals surface area contributed by atoms with E-state index >= 15 is 0 Å². The second-order valence-electron chi connectivity index (χ2n) is 5.12. The van der Waals surface area contributed by atoms with Gasteiger partial charge >= 0.3 is 11.6 Å². The zero-order valence-electron chi connectivity index (χ0n) is 13.4. The molecule has 0 aliphatic heterocycles. The molecule has 1 heterocycles. The van der Waals surface area contributed by atoms with Crippen LogP contribution in [0.15, 0.2) is 59.3 Å². The van der Waals surface area contributed by atoms with Gasteiger partial charge in [-0.05, 0) is 30.3 Å². The fraction of sp³-hybridized carbons (Fsp3) is 0. The first kappa shape index (κ1) is 18.2. The highest BCUT2D eigenvalue weighted by Crippen LogP contribution is 2.36. The Hall–Kier alpha value is -3.60. The van der Waals surface area contributed by atoms with Crippen molar-refractivity contribution in [1.29, 1.82) is 0 Å². The van der Waals surface area contributed by atoms with Crippen molar-refractivity contribution in [3.63, 3.8) is 0 Å². The molecular formula is C16H10BrN5O5. The Morgan fingerprint density at radius 1 is 1.00 bits per heavy atom. The summed E-state index contributed by atoms with van der Waals surface area (Å²) >= 11 is 3.29. The largest absolute Gasteiger partial charge is 0.434 e. The maximum absolute atomic E-state index is 11.5. The van der Waals surface area contributed by atoms with E-state index in [4.69, 9.17) is 4.74 Å². The molecule has 136 valence electrons. The lowest BCUT2D eigenvalue weighted by Gasteiger charge is -2.09. The van der Waals surface area contributed by atoms with Gasteiger partial charge in [0.25, 0.3) is 5.69 Å². The Kier molecular flexibility index (Phi) is 5.22. The molecule has 0 fully saturated rings. The van der Waals surface area contributed by atoms with Gasteiger partial charge in [0.1, 0.15) is 12.1 Å². The Bertz CT molecular complexity index is 1010. The quantitative estimate of drug-likeness (QED) is 0.442. The minimum Gasteiger partial charge on any atom is -0.434 e. The van der Waals surface area contributed by atoms with Gasteiger partial charge in [-0.1, -0.05) is 22.0 Å². The van der Waals surface area contributed by atoms with Gasteiger partial charge in [0, 0.05) is 22.3 Å². The number of ether oxygens (including phenoxy) is 1. The topological polar surface area (TPSA) is 133 Å². The number of anilines is 2. The van der Waals surface area contributed by atoms with Gasteiger partial charge in [-0.15, -0.1) is 0 Å². The molecule has 0 saturated carbocycles. The summed E-state index contributed by atoms with van der Waals surface area (Å²) in [5.41, 5.74) is -0.393. The van der Waals surface area contributed by atoms with Gasteiger partial charge in [-0.2, -0.15) is 4.98 Å². The van der Waals surface area contributed by atoms with Crippen LogP contribution in [-0.4, -0.2) is 19.8 Å². The second-order valence-corrected chi connectivity index (χ2v) is 6.04. The van der Waals surface area contributed by atoms with E-state index in [0.717, 1.165) is 10.8 Å². The Labute approximate surface area is 160 Å². The third-order valence-corrected chi connectivity index (χ3v) is 3.85. The minimum atomic E-state index is -0.687. The molecule has 0 aliphatic rings. The molecular weight excluding hydrogens is 422 g/mol. The molecule has 10 nitrogen and oxygen atoms in total. The van der Waals surface area contributed by atoms with Crippen molar-refractivity contribution in [1.82, 2.24) is 9.97 Å². The molecule has 1 aromatic heterocycles. The van der Waals surface area contributed by atoms with Crippen LogP contribution in [0.1, 0.15) is 0 Å². The van der Waals surface area contributed by atoms with Crippen LogP contribution in [0.3, 0.4) is 0 Å². The van der Waals surface area contributed by atoms with Gasteiger partial charge in [0.05, 0.1) is 9.85 Å². The Morgan fingerprint density at radius 3 is 2.41 bits per heavy atom. The van der Waals surface area contributed by atoms with Gasteiger partial charge in [0.15, 0.2) is 0 Å². The summed E-state index contributed by atoms with van der Waals surface area (Å²) < 4.78 is 6.32. The molecule has 0 radical (unpaired) electrons. The molecule has 0 amide bonds. The number of benzene rings is 2. The fourth-order valence-corrected chi connectivity index (χ4v) is 2.41. The number of hydrogen-bond acceptors (Lipinski definition) is 8. The van der Waals surface area contributed by atoms with Crippen molar-refractivity contribution < 1.29 is 14.6 Å². The zero-order chi connectivity index (χ0) is 19.4. The maximum Gasteiger partial charge on any atom is 0.373 e. The number of nitro groups is 2. The van der Waals surface area contributed by atoms with Crippen molar-refractivity contribution in [3.05, 3.63) is 79.6 Å². The molecule has 0 unspecified atom stereocenters. The highest BCUT2D eigenvalue weighted by atomic mass is 79.9. The monoisotopic (exact) mass is 431 g/mol. The number of aromatic nitrogens is 2. The van der Waals surface area contributed by atoms with E-state index in [-0.39, 0.29) is 23.1 Å². The normalized spacial score (nSPS) is 10.3. The maximum atomic E-state index is 11.5. The van der Waals surface area contributed by atoms with Crippen LogP contribution in [0, 0.1) is 20.2 Å². The van der Waals surface area contributed by atoms with Crippen molar-refractivity contribution >= 4 is 38.8 Å².